The third-order valence-electron chi connectivity index (χ3n) is 4.65. The SMILES string of the molecule is CC1CCC(CO)(NC2CCCCC2)CC1. The molecule has 2 fully saturated rings. The van der Waals surface area contributed by atoms with Crippen molar-refractivity contribution in [3.05, 3.63) is 0 Å². The fraction of sp³-hybridized carbons (Fsp3) is 1.00. The molecule has 2 aliphatic carbocycles. The lowest BCUT2D eigenvalue weighted by molar-refractivity contribution is 0.0878. The summed E-state index contributed by atoms with van der Waals surface area (Å²) in [5.74, 6) is 0.854. The van der Waals surface area contributed by atoms with Gasteiger partial charge in [-0.25, -0.2) is 0 Å². The van der Waals surface area contributed by atoms with Gasteiger partial charge in [0.05, 0.1) is 6.61 Å². The normalized spacial score (nSPS) is 37.5. The lowest BCUT2D eigenvalue weighted by atomic mass is 9.76. The van der Waals surface area contributed by atoms with Gasteiger partial charge in [-0.1, -0.05) is 26.2 Å². The zero-order chi connectivity index (χ0) is 11.4. The van der Waals surface area contributed by atoms with E-state index in [1.807, 2.05) is 0 Å². The van der Waals surface area contributed by atoms with Crippen molar-refractivity contribution in [3.8, 4) is 0 Å². The van der Waals surface area contributed by atoms with Gasteiger partial charge in [0.25, 0.3) is 0 Å². The quantitative estimate of drug-likeness (QED) is 0.774. The van der Waals surface area contributed by atoms with E-state index >= 15 is 0 Å². The van der Waals surface area contributed by atoms with Crippen LogP contribution < -0.4 is 5.32 Å². The third kappa shape index (κ3) is 2.98. The molecule has 0 aromatic carbocycles. The largest absolute Gasteiger partial charge is 0.394 e. The molecule has 0 saturated heterocycles. The molecule has 2 saturated carbocycles. The van der Waals surface area contributed by atoms with E-state index < -0.39 is 0 Å². The maximum absolute atomic E-state index is 9.70. The standard InChI is InChI=1S/C14H27NO/c1-12-7-9-14(11-16,10-8-12)15-13-5-3-2-4-6-13/h12-13,15-16H,2-11H2,1H3. The second-order valence-corrected chi connectivity index (χ2v) is 6.10. The average molecular weight is 225 g/mol. The minimum Gasteiger partial charge on any atom is -0.394 e. The summed E-state index contributed by atoms with van der Waals surface area (Å²) in [6.45, 7) is 2.66. The summed E-state index contributed by atoms with van der Waals surface area (Å²) in [6, 6.07) is 0.675. The van der Waals surface area contributed by atoms with Crippen molar-refractivity contribution < 1.29 is 5.11 Å². The highest BCUT2D eigenvalue weighted by Crippen LogP contribution is 2.33. The molecular formula is C14H27NO. The van der Waals surface area contributed by atoms with E-state index in [1.54, 1.807) is 0 Å². The predicted molar refractivity (Wildman–Crippen MR) is 67.5 cm³/mol. The summed E-state index contributed by atoms with van der Waals surface area (Å²) in [4.78, 5) is 0. The zero-order valence-corrected chi connectivity index (χ0v) is 10.7. The Bertz CT molecular complexity index is 203. The summed E-state index contributed by atoms with van der Waals surface area (Å²) in [5, 5.41) is 13.5. The molecule has 0 unspecified atom stereocenters. The fourth-order valence-electron chi connectivity index (χ4n) is 3.34. The minimum atomic E-state index is 0.0640. The lowest BCUT2D eigenvalue weighted by Crippen LogP contribution is -2.55. The monoisotopic (exact) mass is 225 g/mol. The number of rotatable bonds is 3. The molecule has 2 rings (SSSR count). The Balaban J connectivity index is 1.88. The van der Waals surface area contributed by atoms with Crippen molar-refractivity contribution in [1.29, 1.82) is 0 Å². The zero-order valence-electron chi connectivity index (χ0n) is 10.7. The Morgan fingerprint density at radius 1 is 1.06 bits per heavy atom. The molecule has 16 heavy (non-hydrogen) atoms. The van der Waals surface area contributed by atoms with E-state index in [0.717, 1.165) is 5.92 Å². The Kier molecular flexibility index (Phi) is 4.26. The van der Waals surface area contributed by atoms with Crippen LogP contribution in [0.25, 0.3) is 0 Å². The summed E-state index contributed by atoms with van der Waals surface area (Å²) in [7, 11) is 0. The van der Waals surface area contributed by atoms with Gasteiger partial charge in [-0.2, -0.15) is 0 Å². The Morgan fingerprint density at radius 3 is 2.25 bits per heavy atom. The number of hydrogen-bond donors (Lipinski definition) is 2. The van der Waals surface area contributed by atoms with Gasteiger partial charge in [-0.05, 0) is 44.4 Å². The number of aliphatic hydroxyl groups excluding tert-OH is 1. The van der Waals surface area contributed by atoms with E-state index in [2.05, 4.69) is 12.2 Å². The summed E-state index contributed by atoms with van der Waals surface area (Å²) >= 11 is 0. The van der Waals surface area contributed by atoms with Crippen LogP contribution in [-0.2, 0) is 0 Å². The van der Waals surface area contributed by atoms with Crippen LogP contribution in [-0.4, -0.2) is 23.3 Å². The minimum absolute atomic E-state index is 0.0640. The topological polar surface area (TPSA) is 32.3 Å². The molecule has 0 atom stereocenters. The Labute approximate surface area is 99.8 Å². The van der Waals surface area contributed by atoms with Crippen molar-refractivity contribution in [3.63, 3.8) is 0 Å². The maximum atomic E-state index is 9.70. The van der Waals surface area contributed by atoms with Crippen molar-refractivity contribution in [1.82, 2.24) is 5.32 Å². The molecule has 94 valence electrons. The predicted octanol–water partition coefficient (Wildman–Crippen LogP) is 2.85. The van der Waals surface area contributed by atoms with Crippen LogP contribution in [0.2, 0.25) is 0 Å². The van der Waals surface area contributed by atoms with Crippen LogP contribution in [0.5, 0.6) is 0 Å². The first-order valence-electron chi connectivity index (χ1n) is 7.13. The summed E-state index contributed by atoms with van der Waals surface area (Å²) in [5.41, 5.74) is 0.0640. The molecule has 0 aliphatic heterocycles. The van der Waals surface area contributed by atoms with Gasteiger partial charge in [0.15, 0.2) is 0 Å². The molecule has 2 aliphatic rings. The van der Waals surface area contributed by atoms with Crippen LogP contribution in [0.3, 0.4) is 0 Å². The summed E-state index contributed by atoms with van der Waals surface area (Å²) < 4.78 is 0. The van der Waals surface area contributed by atoms with Crippen molar-refractivity contribution in [2.75, 3.05) is 6.61 Å². The second kappa shape index (κ2) is 5.50. The number of nitrogens with one attached hydrogen (secondary N) is 1. The van der Waals surface area contributed by atoms with Gasteiger partial charge < -0.3 is 10.4 Å². The van der Waals surface area contributed by atoms with Gasteiger partial charge in [0.2, 0.25) is 0 Å². The molecular weight excluding hydrogens is 198 g/mol. The molecule has 0 aromatic heterocycles. The van der Waals surface area contributed by atoms with E-state index in [-0.39, 0.29) is 5.54 Å². The molecule has 0 bridgehead atoms. The number of aliphatic hydroxyl groups is 1. The van der Waals surface area contributed by atoms with Crippen molar-refractivity contribution in [2.24, 2.45) is 5.92 Å². The Morgan fingerprint density at radius 2 is 1.69 bits per heavy atom. The fourth-order valence-corrected chi connectivity index (χ4v) is 3.34. The Hall–Kier alpha value is -0.0800. The van der Waals surface area contributed by atoms with Crippen molar-refractivity contribution in [2.45, 2.75) is 76.3 Å². The molecule has 2 N–H and O–H groups in total. The van der Waals surface area contributed by atoms with Gasteiger partial charge in [0, 0.05) is 11.6 Å². The summed E-state index contributed by atoms with van der Waals surface area (Å²) in [6.07, 6.45) is 11.7. The van der Waals surface area contributed by atoms with Crippen LogP contribution in [0.1, 0.15) is 64.7 Å². The molecule has 0 heterocycles. The van der Waals surface area contributed by atoms with E-state index in [4.69, 9.17) is 0 Å². The lowest BCUT2D eigenvalue weighted by Gasteiger charge is -2.42. The van der Waals surface area contributed by atoms with Crippen LogP contribution in [0, 0.1) is 5.92 Å². The molecule has 2 heteroatoms. The third-order valence-corrected chi connectivity index (χ3v) is 4.65. The smallest absolute Gasteiger partial charge is 0.0613 e. The van der Waals surface area contributed by atoms with Gasteiger partial charge in [-0.15, -0.1) is 0 Å². The highest BCUT2D eigenvalue weighted by atomic mass is 16.3. The van der Waals surface area contributed by atoms with Gasteiger partial charge in [-0.3, -0.25) is 0 Å². The van der Waals surface area contributed by atoms with Crippen LogP contribution in [0.4, 0.5) is 0 Å². The maximum Gasteiger partial charge on any atom is 0.0613 e. The van der Waals surface area contributed by atoms with E-state index in [9.17, 15) is 5.11 Å². The van der Waals surface area contributed by atoms with Gasteiger partial charge >= 0.3 is 0 Å². The molecule has 2 nitrogen and oxygen atoms in total. The second-order valence-electron chi connectivity index (χ2n) is 6.10. The highest BCUT2D eigenvalue weighted by Gasteiger charge is 2.35. The average Bonchev–Trinajstić information content (AvgIpc) is 2.34. The molecule has 0 spiro atoms. The van der Waals surface area contributed by atoms with Crippen LogP contribution in [0.15, 0.2) is 0 Å². The molecule has 0 radical (unpaired) electrons. The van der Waals surface area contributed by atoms with Crippen molar-refractivity contribution >= 4 is 0 Å². The molecule has 0 amide bonds. The van der Waals surface area contributed by atoms with E-state index in [0.29, 0.717) is 12.6 Å². The van der Waals surface area contributed by atoms with E-state index in [1.165, 1.54) is 57.8 Å². The van der Waals surface area contributed by atoms with Crippen LogP contribution >= 0.6 is 0 Å². The first-order valence-corrected chi connectivity index (χ1v) is 7.13. The highest BCUT2D eigenvalue weighted by molar-refractivity contribution is 4.94. The van der Waals surface area contributed by atoms with Gasteiger partial charge in [0.1, 0.15) is 0 Å². The molecule has 0 aromatic rings. The number of hydrogen-bond acceptors (Lipinski definition) is 2. The first kappa shape index (κ1) is 12.4. The first-order chi connectivity index (χ1) is 7.74.